The van der Waals surface area contributed by atoms with E-state index in [1.807, 2.05) is 0 Å². The molecule has 3 heteroatoms. The molecule has 0 saturated carbocycles. The Bertz CT molecular complexity index is 18.3. The van der Waals surface area contributed by atoms with E-state index in [1.54, 1.807) is 0 Å². The van der Waals surface area contributed by atoms with Gasteiger partial charge in [0.05, 0.1) is 10.4 Å². The molecule has 0 amide bonds. The lowest BCUT2D eigenvalue weighted by atomic mass is 10.5. The molecule has 0 aliphatic heterocycles. The highest BCUT2D eigenvalue weighted by atomic mass is 79.9. The first-order chi connectivity index (χ1) is 2.41. The van der Waals surface area contributed by atoms with Gasteiger partial charge in [-0.1, -0.05) is 6.92 Å². The van der Waals surface area contributed by atoms with E-state index in [-0.39, 0.29) is 17.0 Å². The fourth-order valence-corrected chi connectivity index (χ4v) is 0.750. The second kappa shape index (κ2) is 9.17. The summed E-state index contributed by atoms with van der Waals surface area (Å²) in [6.07, 6.45) is 1.27. The summed E-state index contributed by atoms with van der Waals surface area (Å²) >= 11 is 0. The van der Waals surface area contributed by atoms with E-state index in [9.17, 15) is 0 Å². The molecule has 0 saturated heterocycles. The van der Waals surface area contributed by atoms with Gasteiger partial charge in [-0.25, -0.2) is 0 Å². The molecule has 0 radical (unpaired) electrons. The first-order valence-electron chi connectivity index (χ1n) is 2.06. The van der Waals surface area contributed by atoms with Gasteiger partial charge in [-0.3, -0.25) is 0 Å². The molecular formula is C3H12BrNSi. The number of rotatable bonds is 2. The Morgan fingerprint density at radius 3 is 2.17 bits per heavy atom. The summed E-state index contributed by atoms with van der Waals surface area (Å²) in [6, 6.07) is 0. The second-order valence-corrected chi connectivity index (χ2v) is 1.81. The first-order valence-corrected chi connectivity index (χ1v) is 3.06. The van der Waals surface area contributed by atoms with Gasteiger partial charge in [-0.05, 0) is 13.0 Å². The molecule has 0 bridgehead atoms. The van der Waals surface area contributed by atoms with Crippen LogP contribution < -0.4 is 4.98 Å². The van der Waals surface area contributed by atoms with Crippen molar-refractivity contribution in [3.8, 4) is 0 Å². The Labute approximate surface area is 52.8 Å². The fourth-order valence-electron chi connectivity index (χ4n) is 0.250. The van der Waals surface area contributed by atoms with Crippen molar-refractivity contribution in [3.63, 3.8) is 0 Å². The van der Waals surface area contributed by atoms with Crippen molar-refractivity contribution in [2.75, 3.05) is 6.54 Å². The van der Waals surface area contributed by atoms with Gasteiger partial charge in [0.15, 0.2) is 0 Å². The summed E-state index contributed by atoms with van der Waals surface area (Å²) in [5.74, 6) is 0. The summed E-state index contributed by atoms with van der Waals surface area (Å²) < 4.78 is 0. The van der Waals surface area contributed by atoms with E-state index in [4.69, 9.17) is 0 Å². The summed E-state index contributed by atoms with van der Waals surface area (Å²) in [5, 5.41) is 0. The third-order valence-electron chi connectivity index (χ3n) is 0.500. The molecular weight excluding hydrogens is 158 g/mol. The number of nitrogens with one attached hydrogen (secondary N) is 1. The van der Waals surface area contributed by atoms with Crippen molar-refractivity contribution in [1.29, 1.82) is 0 Å². The molecule has 1 N–H and O–H groups in total. The Morgan fingerprint density at radius 1 is 1.67 bits per heavy atom. The smallest absolute Gasteiger partial charge is 0.0749 e. The molecule has 0 heterocycles. The zero-order valence-corrected chi connectivity index (χ0v) is 8.04. The van der Waals surface area contributed by atoms with Crippen LogP contribution in [-0.4, -0.2) is 16.9 Å². The monoisotopic (exact) mass is 169 g/mol. The van der Waals surface area contributed by atoms with Crippen LogP contribution in [0.5, 0.6) is 0 Å². The van der Waals surface area contributed by atoms with Crippen LogP contribution in [0.1, 0.15) is 13.3 Å². The summed E-state index contributed by atoms with van der Waals surface area (Å²) in [4.78, 5) is 3.16. The standard InChI is InChI=1S/C3H11NSi.BrH/c1-2-3-4-5;/h4H,2-3H2,1,5H3;1H. The van der Waals surface area contributed by atoms with Gasteiger partial charge < -0.3 is 4.98 Å². The Morgan fingerprint density at radius 2 is 2.17 bits per heavy atom. The molecule has 0 aliphatic carbocycles. The van der Waals surface area contributed by atoms with Crippen LogP contribution in [0.2, 0.25) is 0 Å². The van der Waals surface area contributed by atoms with Crippen LogP contribution in [-0.2, 0) is 0 Å². The van der Waals surface area contributed by atoms with E-state index >= 15 is 0 Å². The van der Waals surface area contributed by atoms with Gasteiger partial charge in [0.25, 0.3) is 0 Å². The predicted octanol–water partition coefficient (Wildman–Crippen LogP) is -0.156. The highest BCUT2D eigenvalue weighted by molar-refractivity contribution is 8.93. The largest absolute Gasteiger partial charge is 0.345 e. The van der Waals surface area contributed by atoms with Gasteiger partial charge >= 0.3 is 0 Å². The summed E-state index contributed by atoms with van der Waals surface area (Å²) in [5.41, 5.74) is 0. The maximum Gasteiger partial charge on any atom is 0.0749 e. The van der Waals surface area contributed by atoms with Crippen LogP contribution in [0.3, 0.4) is 0 Å². The topological polar surface area (TPSA) is 12.0 Å². The van der Waals surface area contributed by atoms with Crippen LogP contribution in [0.4, 0.5) is 0 Å². The van der Waals surface area contributed by atoms with E-state index in [0.717, 1.165) is 10.4 Å². The molecule has 0 fully saturated rings. The molecule has 1 nitrogen and oxygen atoms in total. The Kier molecular flexibility index (Phi) is 15.0. The molecule has 0 spiro atoms. The fraction of sp³-hybridized carbons (Fsp3) is 1.00. The number of hydrogen-bond donors (Lipinski definition) is 1. The zero-order valence-electron chi connectivity index (χ0n) is 4.32. The zero-order chi connectivity index (χ0) is 4.12. The van der Waals surface area contributed by atoms with Crippen LogP contribution in [0.15, 0.2) is 0 Å². The normalized spacial score (nSPS) is 7.50. The molecule has 0 aromatic heterocycles. The quantitative estimate of drug-likeness (QED) is 0.568. The van der Waals surface area contributed by atoms with Crippen molar-refractivity contribution < 1.29 is 0 Å². The minimum atomic E-state index is 0. The molecule has 0 aliphatic rings. The van der Waals surface area contributed by atoms with Crippen LogP contribution >= 0.6 is 17.0 Å². The number of halogens is 1. The van der Waals surface area contributed by atoms with E-state index in [0.29, 0.717) is 0 Å². The van der Waals surface area contributed by atoms with Crippen LogP contribution in [0.25, 0.3) is 0 Å². The van der Waals surface area contributed by atoms with Crippen LogP contribution in [0, 0.1) is 0 Å². The van der Waals surface area contributed by atoms with E-state index in [1.165, 1.54) is 13.0 Å². The maximum absolute atomic E-state index is 3.16. The van der Waals surface area contributed by atoms with Crippen molar-refractivity contribution in [2.45, 2.75) is 13.3 Å². The van der Waals surface area contributed by atoms with Crippen molar-refractivity contribution >= 4 is 27.4 Å². The van der Waals surface area contributed by atoms with E-state index < -0.39 is 0 Å². The second-order valence-electron chi connectivity index (χ2n) is 1.10. The first kappa shape index (κ1) is 9.82. The average molecular weight is 170 g/mol. The van der Waals surface area contributed by atoms with Gasteiger partial charge in [0.2, 0.25) is 0 Å². The van der Waals surface area contributed by atoms with Gasteiger partial charge in [0, 0.05) is 0 Å². The lowest BCUT2D eigenvalue weighted by molar-refractivity contribution is 0.868. The highest BCUT2D eigenvalue weighted by Crippen LogP contribution is 1.61. The lowest BCUT2D eigenvalue weighted by Gasteiger charge is -1.84. The predicted molar refractivity (Wildman–Crippen MR) is 38.6 cm³/mol. The van der Waals surface area contributed by atoms with Crippen molar-refractivity contribution in [2.24, 2.45) is 0 Å². The minimum Gasteiger partial charge on any atom is -0.345 e. The molecule has 6 heavy (non-hydrogen) atoms. The Hall–Kier alpha value is 0.657. The maximum atomic E-state index is 3.16. The van der Waals surface area contributed by atoms with Crippen molar-refractivity contribution in [1.82, 2.24) is 4.98 Å². The molecule has 0 rings (SSSR count). The van der Waals surface area contributed by atoms with Crippen molar-refractivity contribution in [3.05, 3.63) is 0 Å². The third-order valence-corrected chi connectivity index (χ3v) is 1.000. The SMILES string of the molecule is Br.CCCN[SiH3]. The molecule has 0 aromatic carbocycles. The van der Waals surface area contributed by atoms with Gasteiger partial charge in [0.1, 0.15) is 0 Å². The molecule has 0 unspecified atom stereocenters. The molecule has 0 atom stereocenters. The summed E-state index contributed by atoms with van der Waals surface area (Å²) in [6.45, 7) is 3.37. The summed E-state index contributed by atoms with van der Waals surface area (Å²) in [7, 11) is 1.15. The number of hydrogen-bond acceptors (Lipinski definition) is 1. The van der Waals surface area contributed by atoms with Gasteiger partial charge in [-0.2, -0.15) is 0 Å². The van der Waals surface area contributed by atoms with Gasteiger partial charge in [-0.15, -0.1) is 17.0 Å². The lowest BCUT2D eigenvalue weighted by Crippen LogP contribution is -2.07. The van der Waals surface area contributed by atoms with E-state index in [2.05, 4.69) is 11.9 Å². The minimum absolute atomic E-state index is 0. The molecule has 0 aromatic rings. The highest BCUT2D eigenvalue weighted by Gasteiger charge is 1.64. The Balaban J connectivity index is 0. The molecule has 40 valence electrons. The third kappa shape index (κ3) is 8.82. The average Bonchev–Trinajstić information content (AvgIpc) is 1.41.